The molecule has 6 heteroatoms. The highest BCUT2D eigenvalue weighted by molar-refractivity contribution is 7.03. The summed E-state index contributed by atoms with van der Waals surface area (Å²) in [6.07, 6.45) is 0.582. The molecule has 17 heavy (non-hydrogen) atoms. The smallest absolute Gasteiger partial charge is 0.123 e. The van der Waals surface area contributed by atoms with Crippen molar-refractivity contribution in [3.63, 3.8) is 0 Å². The van der Waals surface area contributed by atoms with Gasteiger partial charge in [0.05, 0.1) is 11.7 Å². The van der Waals surface area contributed by atoms with Gasteiger partial charge in [-0.3, -0.25) is 0 Å². The van der Waals surface area contributed by atoms with Crippen molar-refractivity contribution < 1.29 is 4.39 Å². The third-order valence-electron chi connectivity index (χ3n) is 2.51. The number of nitrogens with zero attached hydrogens (tertiary/aromatic N) is 2. The minimum atomic E-state index is -0.282. The van der Waals surface area contributed by atoms with Gasteiger partial charge in [-0.25, -0.2) is 4.39 Å². The van der Waals surface area contributed by atoms with Crippen LogP contribution in [0.1, 0.15) is 17.3 Å². The molecular weight excluding hydrogens is 261 g/mol. The quantitative estimate of drug-likeness (QED) is 0.929. The van der Waals surface area contributed by atoms with Crippen molar-refractivity contribution >= 4 is 23.1 Å². The lowest BCUT2D eigenvalue weighted by atomic mass is 10.0. The molecule has 1 aromatic carbocycles. The summed E-state index contributed by atoms with van der Waals surface area (Å²) in [6.45, 7) is 0. The van der Waals surface area contributed by atoms with Crippen molar-refractivity contribution in [3.8, 4) is 0 Å². The Labute approximate surface area is 108 Å². The minimum Gasteiger partial charge on any atom is -0.311 e. The van der Waals surface area contributed by atoms with Crippen molar-refractivity contribution in [3.05, 3.63) is 45.7 Å². The van der Waals surface area contributed by atoms with Crippen LogP contribution >= 0.6 is 23.1 Å². The van der Waals surface area contributed by atoms with Crippen LogP contribution in [-0.2, 0) is 6.42 Å². The van der Waals surface area contributed by atoms with Crippen LogP contribution in [0.2, 0.25) is 5.02 Å². The largest absolute Gasteiger partial charge is 0.311 e. The van der Waals surface area contributed by atoms with E-state index in [1.54, 1.807) is 6.07 Å². The Morgan fingerprint density at radius 1 is 1.53 bits per heavy atom. The number of nitrogens with one attached hydrogen (secondary N) is 1. The van der Waals surface area contributed by atoms with Gasteiger partial charge in [-0.05, 0) is 48.8 Å². The number of aromatic nitrogens is 2. The van der Waals surface area contributed by atoms with E-state index in [9.17, 15) is 4.39 Å². The summed E-state index contributed by atoms with van der Waals surface area (Å²) < 4.78 is 17.0. The molecule has 0 amide bonds. The first-order valence-corrected chi connectivity index (χ1v) is 6.30. The number of hydrogen-bond donors (Lipinski definition) is 1. The first kappa shape index (κ1) is 12.4. The third kappa shape index (κ3) is 3.00. The van der Waals surface area contributed by atoms with E-state index < -0.39 is 0 Å². The van der Waals surface area contributed by atoms with E-state index >= 15 is 0 Å². The van der Waals surface area contributed by atoms with E-state index in [0.717, 1.165) is 11.3 Å². The van der Waals surface area contributed by atoms with Crippen LogP contribution in [0.5, 0.6) is 0 Å². The summed E-state index contributed by atoms with van der Waals surface area (Å²) in [7, 11) is 1.83. The topological polar surface area (TPSA) is 37.8 Å². The predicted octanol–water partition coefficient (Wildman–Crippen LogP) is 2.83. The van der Waals surface area contributed by atoms with Gasteiger partial charge in [0.1, 0.15) is 5.82 Å². The van der Waals surface area contributed by atoms with Gasteiger partial charge in [0, 0.05) is 10.4 Å². The maximum Gasteiger partial charge on any atom is 0.123 e. The molecule has 1 N–H and O–H groups in total. The van der Waals surface area contributed by atoms with Crippen LogP contribution < -0.4 is 5.32 Å². The summed E-state index contributed by atoms with van der Waals surface area (Å²) >= 11 is 7.32. The molecule has 0 aliphatic heterocycles. The maximum atomic E-state index is 13.1. The Hall–Kier alpha value is -1.04. The molecule has 1 unspecified atom stereocenters. The Balaban J connectivity index is 2.21. The summed E-state index contributed by atoms with van der Waals surface area (Å²) in [4.78, 5) is 0. The van der Waals surface area contributed by atoms with Gasteiger partial charge < -0.3 is 5.32 Å². The summed E-state index contributed by atoms with van der Waals surface area (Å²) in [6, 6.07) is 4.36. The van der Waals surface area contributed by atoms with Crippen molar-refractivity contribution in [2.75, 3.05) is 7.05 Å². The molecule has 90 valence electrons. The van der Waals surface area contributed by atoms with Gasteiger partial charge in [0.25, 0.3) is 0 Å². The van der Waals surface area contributed by atoms with Crippen LogP contribution in [0.4, 0.5) is 4.39 Å². The lowest BCUT2D eigenvalue weighted by Crippen LogP contribution is -2.19. The molecule has 2 aromatic rings. The van der Waals surface area contributed by atoms with E-state index in [-0.39, 0.29) is 11.9 Å². The summed E-state index contributed by atoms with van der Waals surface area (Å²) in [5.74, 6) is -0.282. The van der Waals surface area contributed by atoms with Gasteiger partial charge in [-0.15, -0.1) is 5.10 Å². The normalized spacial score (nSPS) is 12.6. The molecule has 0 fully saturated rings. The zero-order chi connectivity index (χ0) is 12.3. The molecule has 1 heterocycles. The lowest BCUT2D eigenvalue weighted by molar-refractivity contribution is 0.569. The standard InChI is InChI=1S/C11H11ClFN3S/c1-14-10(11-6-17-16-15-11)5-7-4-8(13)2-3-9(7)12/h2-4,6,10,14H,5H2,1H3. The molecule has 0 aliphatic carbocycles. The maximum absolute atomic E-state index is 13.1. The zero-order valence-corrected chi connectivity index (χ0v) is 10.7. The van der Waals surface area contributed by atoms with Crippen molar-refractivity contribution in [1.29, 1.82) is 0 Å². The van der Waals surface area contributed by atoms with E-state index in [1.807, 2.05) is 12.4 Å². The average molecular weight is 272 g/mol. The number of halogens is 2. The van der Waals surface area contributed by atoms with Crippen LogP contribution in [0, 0.1) is 5.82 Å². The third-order valence-corrected chi connectivity index (χ3v) is 3.41. The first-order valence-electron chi connectivity index (χ1n) is 5.09. The Morgan fingerprint density at radius 2 is 2.35 bits per heavy atom. The van der Waals surface area contributed by atoms with Crippen molar-refractivity contribution in [2.24, 2.45) is 0 Å². The fourth-order valence-corrected chi connectivity index (χ4v) is 2.30. The van der Waals surface area contributed by atoms with Crippen LogP contribution in [0.3, 0.4) is 0 Å². The lowest BCUT2D eigenvalue weighted by Gasteiger charge is -2.14. The first-order chi connectivity index (χ1) is 8.20. The van der Waals surface area contributed by atoms with Gasteiger partial charge in [0.15, 0.2) is 0 Å². The molecule has 1 atom stereocenters. The Kier molecular flexibility index (Phi) is 4.04. The molecule has 2 rings (SSSR count). The van der Waals surface area contributed by atoms with Crippen molar-refractivity contribution in [2.45, 2.75) is 12.5 Å². The predicted molar refractivity (Wildman–Crippen MR) is 66.8 cm³/mol. The Bertz CT molecular complexity index is 489. The van der Waals surface area contributed by atoms with Gasteiger partial charge in [0.2, 0.25) is 0 Å². The number of rotatable bonds is 4. The van der Waals surface area contributed by atoms with E-state index in [2.05, 4.69) is 14.9 Å². The van der Waals surface area contributed by atoms with Gasteiger partial charge in [-0.2, -0.15) is 0 Å². The molecule has 0 saturated heterocycles. The highest BCUT2D eigenvalue weighted by Crippen LogP contribution is 2.23. The van der Waals surface area contributed by atoms with Crippen molar-refractivity contribution in [1.82, 2.24) is 14.9 Å². The molecule has 0 bridgehead atoms. The monoisotopic (exact) mass is 271 g/mol. The zero-order valence-electron chi connectivity index (χ0n) is 9.15. The highest BCUT2D eigenvalue weighted by atomic mass is 35.5. The molecule has 0 saturated carbocycles. The second-order valence-electron chi connectivity index (χ2n) is 3.61. The fraction of sp³-hybridized carbons (Fsp3) is 0.273. The highest BCUT2D eigenvalue weighted by Gasteiger charge is 2.15. The molecule has 0 radical (unpaired) electrons. The number of hydrogen-bond acceptors (Lipinski definition) is 4. The molecule has 0 spiro atoms. The summed E-state index contributed by atoms with van der Waals surface area (Å²) in [5.41, 5.74) is 1.61. The summed E-state index contributed by atoms with van der Waals surface area (Å²) in [5, 5.41) is 9.56. The van der Waals surface area contributed by atoms with Gasteiger partial charge >= 0.3 is 0 Å². The van der Waals surface area contributed by atoms with Crippen LogP contribution in [0.25, 0.3) is 0 Å². The van der Waals surface area contributed by atoms with E-state index in [0.29, 0.717) is 11.4 Å². The molecule has 1 aromatic heterocycles. The fourth-order valence-electron chi connectivity index (χ4n) is 1.60. The SMILES string of the molecule is CNC(Cc1cc(F)ccc1Cl)c1csnn1. The van der Waals surface area contributed by atoms with Crippen LogP contribution in [0.15, 0.2) is 23.6 Å². The molecule has 0 aliphatic rings. The van der Waals surface area contributed by atoms with E-state index in [4.69, 9.17) is 11.6 Å². The van der Waals surface area contributed by atoms with Crippen LogP contribution in [-0.4, -0.2) is 16.6 Å². The second kappa shape index (κ2) is 5.53. The Morgan fingerprint density at radius 3 is 3.00 bits per heavy atom. The number of benzene rings is 1. The van der Waals surface area contributed by atoms with Gasteiger partial charge in [-0.1, -0.05) is 16.1 Å². The average Bonchev–Trinajstić information content (AvgIpc) is 2.84. The molecule has 3 nitrogen and oxygen atoms in total. The second-order valence-corrected chi connectivity index (χ2v) is 4.63. The van der Waals surface area contributed by atoms with E-state index in [1.165, 1.54) is 23.7 Å². The number of likely N-dealkylation sites (N-methyl/N-ethyl adjacent to an activating group) is 1. The minimum absolute atomic E-state index is 0.00644. The molecular formula is C11H11ClFN3S.